The van der Waals surface area contributed by atoms with E-state index in [0.29, 0.717) is 5.82 Å². The predicted molar refractivity (Wildman–Crippen MR) is 93.8 cm³/mol. The van der Waals surface area contributed by atoms with Crippen molar-refractivity contribution in [1.29, 1.82) is 0 Å². The van der Waals surface area contributed by atoms with Crippen LogP contribution in [0.5, 0.6) is 0 Å². The second-order valence-corrected chi connectivity index (χ2v) is 5.77. The Labute approximate surface area is 146 Å². The SMILES string of the molecule is O=C(Nc1ccccc1F)c1cc(Nc2cccc(Br)c2)ncn1. The Kier molecular flexibility index (Phi) is 4.81. The lowest BCUT2D eigenvalue weighted by Gasteiger charge is -2.08. The first-order chi connectivity index (χ1) is 11.6. The zero-order valence-electron chi connectivity index (χ0n) is 12.3. The summed E-state index contributed by atoms with van der Waals surface area (Å²) in [5, 5.41) is 5.57. The fourth-order valence-corrected chi connectivity index (χ4v) is 2.41. The topological polar surface area (TPSA) is 66.9 Å². The Morgan fingerprint density at radius 1 is 1.04 bits per heavy atom. The van der Waals surface area contributed by atoms with Crippen LogP contribution in [-0.4, -0.2) is 15.9 Å². The number of amides is 1. The van der Waals surface area contributed by atoms with Crippen molar-refractivity contribution >= 4 is 39.0 Å². The fraction of sp³-hybridized carbons (Fsp3) is 0. The van der Waals surface area contributed by atoms with Crippen LogP contribution >= 0.6 is 15.9 Å². The molecule has 1 aromatic heterocycles. The van der Waals surface area contributed by atoms with Crippen LogP contribution in [0.3, 0.4) is 0 Å². The summed E-state index contributed by atoms with van der Waals surface area (Å²) in [7, 11) is 0. The summed E-state index contributed by atoms with van der Waals surface area (Å²) in [6.45, 7) is 0. The Bertz CT molecular complexity index is 888. The lowest BCUT2D eigenvalue weighted by Crippen LogP contribution is -2.15. The highest BCUT2D eigenvalue weighted by Gasteiger charge is 2.11. The van der Waals surface area contributed by atoms with Gasteiger partial charge in [-0.25, -0.2) is 14.4 Å². The zero-order chi connectivity index (χ0) is 16.9. The molecule has 0 fully saturated rings. The maximum absolute atomic E-state index is 13.6. The number of halogens is 2. The summed E-state index contributed by atoms with van der Waals surface area (Å²) in [6, 6.07) is 15.0. The van der Waals surface area contributed by atoms with Crippen molar-refractivity contribution in [1.82, 2.24) is 9.97 Å². The Morgan fingerprint density at radius 3 is 2.67 bits per heavy atom. The lowest BCUT2D eigenvalue weighted by atomic mass is 10.3. The number of anilines is 3. The zero-order valence-corrected chi connectivity index (χ0v) is 13.9. The summed E-state index contributed by atoms with van der Waals surface area (Å²) in [5.74, 6) is -0.561. The van der Waals surface area contributed by atoms with E-state index in [0.717, 1.165) is 10.2 Å². The highest BCUT2D eigenvalue weighted by atomic mass is 79.9. The van der Waals surface area contributed by atoms with Gasteiger partial charge < -0.3 is 10.6 Å². The van der Waals surface area contributed by atoms with Crippen LogP contribution in [-0.2, 0) is 0 Å². The van der Waals surface area contributed by atoms with Crippen molar-refractivity contribution in [2.24, 2.45) is 0 Å². The molecule has 3 aromatic rings. The first-order valence-corrected chi connectivity index (χ1v) is 7.81. The van der Waals surface area contributed by atoms with E-state index in [1.807, 2.05) is 24.3 Å². The van der Waals surface area contributed by atoms with Gasteiger partial charge in [0.2, 0.25) is 0 Å². The number of hydrogen-bond acceptors (Lipinski definition) is 4. The van der Waals surface area contributed by atoms with Gasteiger partial charge in [0.25, 0.3) is 5.91 Å². The molecule has 5 nitrogen and oxygen atoms in total. The van der Waals surface area contributed by atoms with Gasteiger partial charge in [0.15, 0.2) is 0 Å². The second-order valence-electron chi connectivity index (χ2n) is 4.86. The van der Waals surface area contributed by atoms with Crippen molar-refractivity contribution < 1.29 is 9.18 Å². The van der Waals surface area contributed by atoms with Crippen LogP contribution in [0.1, 0.15) is 10.5 Å². The van der Waals surface area contributed by atoms with Gasteiger partial charge in [-0.05, 0) is 30.3 Å². The molecule has 2 aromatic carbocycles. The highest BCUT2D eigenvalue weighted by Crippen LogP contribution is 2.20. The molecule has 120 valence electrons. The van der Waals surface area contributed by atoms with E-state index in [1.54, 1.807) is 12.1 Å². The Hall–Kier alpha value is -2.80. The van der Waals surface area contributed by atoms with Crippen LogP contribution in [0.15, 0.2) is 65.4 Å². The van der Waals surface area contributed by atoms with Crippen molar-refractivity contribution in [3.8, 4) is 0 Å². The van der Waals surface area contributed by atoms with Crippen molar-refractivity contribution in [3.05, 3.63) is 76.9 Å². The summed E-state index contributed by atoms with van der Waals surface area (Å²) in [6.07, 6.45) is 1.27. The standard InChI is InChI=1S/C17H12BrFN4O/c18-11-4-3-5-12(8-11)22-16-9-15(20-10-21-16)17(24)23-14-7-2-1-6-13(14)19/h1-10H,(H,23,24)(H,20,21,22). The van der Waals surface area contributed by atoms with Gasteiger partial charge >= 0.3 is 0 Å². The van der Waals surface area contributed by atoms with Crippen molar-refractivity contribution in [3.63, 3.8) is 0 Å². The van der Waals surface area contributed by atoms with Gasteiger partial charge in [-0.2, -0.15) is 0 Å². The molecule has 7 heteroatoms. The number of nitrogens with zero attached hydrogens (tertiary/aromatic N) is 2. The second kappa shape index (κ2) is 7.18. The number of carbonyl (C=O) groups excluding carboxylic acids is 1. The average Bonchev–Trinajstić information content (AvgIpc) is 2.57. The van der Waals surface area contributed by atoms with Gasteiger partial charge in [0.1, 0.15) is 23.7 Å². The molecule has 0 aliphatic rings. The summed E-state index contributed by atoms with van der Waals surface area (Å²) in [4.78, 5) is 20.2. The smallest absolute Gasteiger partial charge is 0.274 e. The van der Waals surface area contributed by atoms with Crippen LogP contribution in [0.25, 0.3) is 0 Å². The minimum Gasteiger partial charge on any atom is -0.340 e. The third-order valence-electron chi connectivity index (χ3n) is 3.12. The number of hydrogen-bond donors (Lipinski definition) is 2. The number of nitrogens with one attached hydrogen (secondary N) is 2. The molecule has 24 heavy (non-hydrogen) atoms. The summed E-state index contributed by atoms with van der Waals surface area (Å²) in [5.41, 5.74) is 1.04. The Morgan fingerprint density at radius 2 is 1.88 bits per heavy atom. The normalized spacial score (nSPS) is 10.2. The molecule has 0 saturated carbocycles. The third-order valence-corrected chi connectivity index (χ3v) is 3.61. The average molecular weight is 387 g/mol. The molecular weight excluding hydrogens is 375 g/mol. The molecule has 0 spiro atoms. The molecular formula is C17H12BrFN4O. The number of benzene rings is 2. The molecule has 0 unspecified atom stereocenters. The van der Waals surface area contributed by atoms with E-state index in [9.17, 15) is 9.18 Å². The number of aromatic nitrogens is 2. The molecule has 0 aliphatic carbocycles. The van der Waals surface area contributed by atoms with E-state index in [1.165, 1.54) is 24.5 Å². The van der Waals surface area contributed by atoms with Crippen LogP contribution in [0.2, 0.25) is 0 Å². The summed E-state index contributed by atoms with van der Waals surface area (Å²) < 4.78 is 14.5. The molecule has 0 saturated heterocycles. The molecule has 0 atom stereocenters. The van der Waals surface area contributed by atoms with Gasteiger partial charge in [0, 0.05) is 16.2 Å². The van der Waals surface area contributed by atoms with E-state index in [4.69, 9.17) is 0 Å². The first kappa shape index (κ1) is 16.1. The van der Waals surface area contributed by atoms with Gasteiger partial charge in [0.05, 0.1) is 5.69 Å². The van der Waals surface area contributed by atoms with Crippen LogP contribution in [0, 0.1) is 5.82 Å². The number of para-hydroxylation sites is 1. The molecule has 2 N–H and O–H groups in total. The first-order valence-electron chi connectivity index (χ1n) is 7.02. The summed E-state index contributed by atoms with van der Waals surface area (Å²) >= 11 is 3.38. The van der Waals surface area contributed by atoms with E-state index >= 15 is 0 Å². The predicted octanol–water partition coefficient (Wildman–Crippen LogP) is 4.37. The molecule has 0 radical (unpaired) electrons. The molecule has 1 heterocycles. The van der Waals surface area contributed by atoms with Gasteiger partial charge in [-0.3, -0.25) is 4.79 Å². The molecule has 1 amide bonds. The Balaban J connectivity index is 1.77. The van der Waals surface area contributed by atoms with Crippen LogP contribution in [0.4, 0.5) is 21.6 Å². The van der Waals surface area contributed by atoms with Crippen molar-refractivity contribution in [2.45, 2.75) is 0 Å². The largest absolute Gasteiger partial charge is 0.340 e. The lowest BCUT2D eigenvalue weighted by molar-refractivity contribution is 0.102. The van der Waals surface area contributed by atoms with E-state index in [2.05, 4.69) is 36.5 Å². The van der Waals surface area contributed by atoms with E-state index in [-0.39, 0.29) is 11.4 Å². The number of rotatable bonds is 4. The maximum atomic E-state index is 13.6. The highest BCUT2D eigenvalue weighted by molar-refractivity contribution is 9.10. The fourth-order valence-electron chi connectivity index (χ4n) is 2.01. The van der Waals surface area contributed by atoms with Crippen molar-refractivity contribution in [2.75, 3.05) is 10.6 Å². The molecule has 0 aliphatic heterocycles. The quantitative estimate of drug-likeness (QED) is 0.698. The van der Waals surface area contributed by atoms with E-state index < -0.39 is 11.7 Å². The van der Waals surface area contributed by atoms with Gasteiger partial charge in [-0.1, -0.05) is 34.1 Å². The molecule has 0 bridgehead atoms. The monoisotopic (exact) mass is 386 g/mol. The van der Waals surface area contributed by atoms with Crippen LogP contribution < -0.4 is 10.6 Å². The molecule has 3 rings (SSSR count). The minimum atomic E-state index is -0.514. The minimum absolute atomic E-state index is 0.0996. The van der Waals surface area contributed by atoms with Gasteiger partial charge in [-0.15, -0.1) is 0 Å². The number of carbonyl (C=O) groups is 1. The maximum Gasteiger partial charge on any atom is 0.274 e. The third kappa shape index (κ3) is 3.94.